The molecule has 1 atom stereocenters. The molecule has 0 aliphatic carbocycles. The number of anilines is 1. The number of carbonyl (C=O) groups is 1. The van der Waals surface area contributed by atoms with Gasteiger partial charge in [0.05, 0.1) is 12.7 Å². The minimum absolute atomic E-state index is 0.0282. The number of carboxylic acids is 1. The van der Waals surface area contributed by atoms with Crippen LogP contribution in [-0.2, 0) is 11.3 Å². The third-order valence-corrected chi connectivity index (χ3v) is 5.18. The van der Waals surface area contributed by atoms with Crippen molar-refractivity contribution in [1.82, 2.24) is 29.9 Å². The molecule has 0 fully saturated rings. The van der Waals surface area contributed by atoms with E-state index in [1.54, 1.807) is 38.1 Å². The lowest BCUT2D eigenvalue weighted by Crippen LogP contribution is -2.43. The van der Waals surface area contributed by atoms with Crippen LogP contribution in [-0.4, -0.2) is 54.1 Å². The van der Waals surface area contributed by atoms with E-state index in [0.717, 1.165) is 6.20 Å². The molecule has 0 radical (unpaired) electrons. The molecule has 3 heterocycles. The minimum Gasteiger partial charge on any atom is -0.480 e. The van der Waals surface area contributed by atoms with Crippen LogP contribution in [0.4, 0.5) is 14.6 Å². The van der Waals surface area contributed by atoms with Crippen molar-refractivity contribution in [3.05, 3.63) is 60.0 Å². The summed E-state index contributed by atoms with van der Waals surface area (Å²) >= 11 is 0. The molecule has 0 aliphatic rings. The number of aromatic nitrogens is 6. The van der Waals surface area contributed by atoms with E-state index in [1.807, 2.05) is 0 Å². The molecule has 1 N–H and O–H groups in total. The van der Waals surface area contributed by atoms with Crippen LogP contribution in [0.5, 0.6) is 0 Å². The van der Waals surface area contributed by atoms with E-state index in [0.29, 0.717) is 11.3 Å². The SMILES string of the molecule is CC(C)C(C(=O)O)N(C)c1nc(-c2nc(-c3ccon3)n(Cc3ccccc3F)n2)ncc1F. The van der Waals surface area contributed by atoms with Gasteiger partial charge in [0.2, 0.25) is 11.6 Å². The van der Waals surface area contributed by atoms with Gasteiger partial charge in [0.25, 0.3) is 0 Å². The predicted molar refractivity (Wildman–Crippen MR) is 117 cm³/mol. The second-order valence-electron chi connectivity index (χ2n) is 7.90. The molecule has 176 valence electrons. The lowest BCUT2D eigenvalue weighted by atomic mass is 10.0. The van der Waals surface area contributed by atoms with Crippen LogP contribution in [0, 0.1) is 17.6 Å². The Labute approximate surface area is 192 Å². The van der Waals surface area contributed by atoms with Gasteiger partial charge in [-0.05, 0) is 12.0 Å². The molecule has 1 unspecified atom stereocenters. The van der Waals surface area contributed by atoms with Crippen molar-refractivity contribution in [3.63, 3.8) is 0 Å². The highest BCUT2D eigenvalue weighted by Crippen LogP contribution is 2.25. The molecule has 10 nitrogen and oxygen atoms in total. The van der Waals surface area contributed by atoms with E-state index in [9.17, 15) is 18.7 Å². The van der Waals surface area contributed by atoms with Crippen LogP contribution < -0.4 is 4.90 Å². The van der Waals surface area contributed by atoms with Crippen LogP contribution in [0.1, 0.15) is 19.4 Å². The molecule has 0 aliphatic heterocycles. The average molecular weight is 469 g/mol. The van der Waals surface area contributed by atoms with E-state index in [2.05, 4.69) is 25.2 Å². The Morgan fingerprint density at radius 3 is 2.56 bits per heavy atom. The van der Waals surface area contributed by atoms with Gasteiger partial charge < -0.3 is 14.5 Å². The van der Waals surface area contributed by atoms with Crippen molar-refractivity contribution in [2.45, 2.75) is 26.4 Å². The summed E-state index contributed by atoms with van der Waals surface area (Å²) in [5, 5.41) is 17.8. The lowest BCUT2D eigenvalue weighted by molar-refractivity contribution is -0.139. The number of hydrogen-bond donors (Lipinski definition) is 1. The number of aliphatic carboxylic acids is 1. The van der Waals surface area contributed by atoms with E-state index in [-0.39, 0.29) is 35.8 Å². The quantitative estimate of drug-likeness (QED) is 0.414. The smallest absolute Gasteiger partial charge is 0.326 e. The summed E-state index contributed by atoms with van der Waals surface area (Å²) in [6.07, 6.45) is 2.29. The monoisotopic (exact) mass is 469 g/mol. The summed E-state index contributed by atoms with van der Waals surface area (Å²) in [5.41, 5.74) is 0.714. The number of halogens is 2. The molecular formula is C22H21F2N7O3. The Hall–Kier alpha value is -4.22. The van der Waals surface area contributed by atoms with Crippen molar-refractivity contribution in [1.29, 1.82) is 0 Å². The number of likely N-dealkylation sites (N-methyl/N-ethyl adjacent to an activating group) is 1. The summed E-state index contributed by atoms with van der Waals surface area (Å²) < 4.78 is 35.2. The van der Waals surface area contributed by atoms with Crippen molar-refractivity contribution in [2.24, 2.45) is 5.92 Å². The third-order valence-electron chi connectivity index (χ3n) is 5.18. The van der Waals surface area contributed by atoms with Gasteiger partial charge in [-0.15, -0.1) is 5.10 Å². The van der Waals surface area contributed by atoms with Gasteiger partial charge in [0.1, 0.15) is 18.1 Å². The molecule has 4 rings (SSSR count). The highest BCUT2D eigenvalue weighted by atomic mass is 19.1. The molecule has 4 aromatic rings. The van der Waals surface area contributed by atoms with Crippen LogP contribution in [0.25, 0.3) is 23.2 Å². The fourth-order valence-corrected chi connectivity index (χ4v) is 3.60. The molecule has 0 bridgehead atoms. The first-order valence-corrected chi connectivity index (χ1v) is 10.3. The van der Waals surface area contributed by atoms with Gasteiger partial charge in [0, 0.05) is 18.7 Å². The average Bonchev–Trinajstić information content (AvgIpc) is 3.45. The number of rotatable bonds is 8. The van der Waals surface area contributed by atoms with Gasteiger partial charge in [-0.3, -0.25) is 0 Å². The second-order valence-corrected chi connectivity index (χ2v) is 7.90. The van der Waals surface area contributed by atoms with Gasteiger partial charge in [0.15, 0.2) is 23.2 Å². The predicted octanol–water partition coefficient (Wildman–Crippen LogP) is 3.26. The fraction of sp³-hybridized carbons (Fsp3) is 0.273. The minimum atomic E-state index is -1.11. The zero-order valence-corrected chi connectivity index (χ0v) is 18.6. The highest BCUT2D eigenvalue weighted by Gasteiger charge is 2.30. The van der Waals surface area contributed by atoms with Crippen molar-refractivity contribution >= 4 is 11.8 Å². The summed E-state index contributed by atoms with van der Waals surface area (Å²) in [6.45, 7) is 3.46. The first-order valence-electron chi connectivity index (χ1n) is 10.3. The van der Waals surface area contributed by atoms with Crippen LogP contribution in [0.15, 0.2) is 47.3 Å². The topological polar surface area (TPSA) is 123 Å². The fourth-order valence-electron chi connectivity index (χ4n) is 3.60. The third kappa shape index (κ3) is 4.47. The van der Waals surface area contributed by atoms with E-state index in [1.165, 1.54) is 29.0 Å². The zero-order chi connectivity index (χ0) is 24.4. The molecule has 12 heteroatoms. The molecule has 0 saturated heterocycles. The summed E-state index contributed by atoms with van der Waals surface area (Å²) in [5.74, 6) is -2.59. The molecule has 0 spiro atoms. The van der Waals surface area contributed by atoms with Crippen molar-refractivity contribution < 1.29 is 23.2 Å². The maximum Gasteiger partial charge on any atom is 0.326 e. The van der Waals surface area contributed by atoms with Crippen molar-refractivity contribution in [3.8, 4) is 23.2 Å². The van der Waals surface area contributed by atoms with Gasteiger partial charge >= 0.3 is 5.97 Å². The van der Waals surface area contributed by atoms with Gasteiger partial charge in [-0.1, -0.05) is 37.2 Å². The van der Waals surface area contributed by atoms with Gasteiger partial charge in [-0.2, -0.15) is 0 Å². The largest absolute Gasteiger partial charge is 0.480 e. The standard InChI is InChI=1S/C22H21F2N7O3/c1-12(2)17(22(32)33)30(3)20-15(24)10-25-18(26-20)19-27-21(16-8-9-34-29-16)31(28-19)11-13-6-4-5-7-14(13)23/h4-10,12,17H,11H2,1-3H3,(H,32,33). The Balaban J connectivity index is 1.77. The highest BCUT2D eigenvalue weighted by molar-refractivity contribution is 5.78. The maximum absolute atomic E-state index is 14.6. The Morgan fingerprint density at radius 1 is 1.15 bits per heavy atom. The van der Waals surface area contributed by atoms with Crippen LogP contribution in [0.3, 0.4) is 0 Å². The number of nitrogens with zero attached hydrogens (tertiary/aromatic N) is 7. The van der Waals surface area contributed by atoms with E-state index in [4.69, 9.17) is 4.52 Å². The summed E-state index contributed by atoms with van der Waals surface area (Å²) in [7, 11) is 1.44. The molecule has 34 heavy (non-hydrogen) atoms. The molecular weight excluding hydrogens is 448 g/mol. The first kappa shape index (κ1) is 23.0. The molecule has 1 aromatic carbocycles. The molecule has 0 amide bonds. The zero-order valence-electron chi connectivity index (χ0n) is 18.6. The van der Waals surface area contributed by atoms with Crippen LogP contribution >= 0.6 is 0 Å². The summed E-state index contributed by atoms with van der Waals surface area (Å²) in [4.78, 5) is 25.6. The maximum atomic E-state index is 14.6. The van der Waals surface area contributed by atoms with Crippen LogP contribution in [0.2, 0.25) is 0 Å². The Bertz CT molecular complexity index is 1310. The number of benzene rings is 1. The Morgan fingerprint density at radius 2 is 1.91 bits per heavy atom. The molecule has 0 saturated carbocycles. The van der Waals surface area contributed by atoms with E-state index >= 15 is 0 Å². The van der Waals surface area contributed by atoms with Crippen molar-refractivity contribution in [2.75, 3.05) is 11.9 Å². The first-order chi connectivity index (χ1) is 16.3. The Kier molecular flexibility index (Phi) is 6.30. The van der Waals surface area contributed by atoms with Gasteiger partial charge in [-0.25, -0.2) is 33.2 Å². The van der Waals surface area contributed by atoms with E-state index < -0.39 is 23.6 Å². The lowest BCUT2D eigenvalue weighted by Gasteiger charge is -2.28. The normalized spacial score (nSPS) is 12.2. The number of hydrogen-bond acceptors (Lipinski definition) is 8. The second kappa shape index (κ2) is 9.33. The summed E-state index contributed by atoms with van der Waals surface area (Å²) in [6, 6.07) is 6.77. The molecule has 3 aromatic heterocycles. The number of carboxylic acid groups (broad SMARTS) is 1.